The van der Waals surface area contributed by atoms with E-state index in [1.165, 1.54) is 6.92 Å². The van der Waals surface area contributed by atoms with Gasteiger partial charge in [0.2, 0.25) is 0 Å². The van der Waals surface area contributed by atoms with Gasteiger partial charge in [-0.1, -0.05) is 24.7 Å². The van der Waals surface area contributed by atoms with Crippen molar-refractivity contribution in [2.75, 3.05) is 13.2 Å². The molecular formula is C14H19F3O3. The van der Waals surface area contributed by atoms with Crippen molar-refractivity contribution in [3.8, 4) is 11.8 Å². The Morgan fingerprint density at radius 1 is 1.25 bits per heavy atom. The van der Waals surface area contributed by atoms with Crippen LogP contribution in [0, 0.1) is 11.8 Å². The Bertz CT molecular complexity index is 375. The lowest BCUT2D eigenvalue weighted by atomic mass is 10.1. The lowest BCUT2D eigenvalue weighted by Gasteiger charge is -2.05. The monoisotopic (exact) mass is 292 g/mol. The Kier molecular flexibility index (Phi) is 9.56. The zero-order valence-corrected chi connectivity index (χ0v) is 11.4. The number of halogens is 3. The highest BCUT2D eigenvalue weighted by Crippen LogP contribution is 2.25. The van der Waals surface area contributed by atoms with Crippen molar-refractivity contribution < 1.29 is 27.8 Å². The summed E-state index contributed by atoms with van der Waals surface area (Å²) in [4.78, 5) is 11.0. The van der Waals surface area contributed by atoms with Crippen LogP contribution < -0.4 is 0 Å². The molecule has 0 bridgehead atoms. The third-order valence-corrected chi connectivity index (χ3v) is 2.29. The largest absolute Gasteiger partial charge is 0.463 e. The summed E-state index contributed by atoms with van der Waals surface area (Å²) in [5.41, 5.74) is -1.19. The van der Waals surface area contributed by atoms with Crippen LogP contribution in [0.5, 0.6) is 0 Å². The summed E-state index contributed by atoms with van der Waals surface area (Å²) in [6.45, 7) is 1.64. The summed E-state index contributed by atoms with van der Waals surface area (Å²) in [5, 5.41) is 8.55. The Balaban J connectivity index is 4.43. The number of carbonyl (C=O) groups is 1. The molecule has 0 saturated carbocycles. The first-order chi connectivity index (χ1) is 9.41. The minimum Gasteiger partial charge on any atom is -0.463 e. The van der Waals surface area contributed by atoms with Gasteiger partial charge in [-0.25, -0.2) is 4.79 Å². The molecule has 0 aliphatic rings. The maximum Gasteiger partial charge on any atom is 0.424 e. The molecule has 0 saturated heterocycles. The first kappa shape index (κ1) is 18.5. The number of unbranched alkanes of at least 4 members (excludes halogenated alkanes) is 4. The fourth-order valence-corrected chi connectivity index (χ4v) is 1.33. The molecule has 0 heterocycles. The van der Waals surface area contributed by atoms with Gasteiger partial charge in [0, 0.05) is 19.1 Å². The standard InChI is InChI=1S/C14H19F3O3/c1-2-20-13(19)11-12(14(15,16)17)9-7-5-3-4-6-8-10-18/h11,18H,2-6,8,10H2,1H3/b12-11+. The molecule has 1 N–H and O–H groups in total. The minimum absolute atomic E-state index is 0.0127. The number of rotatable bonds is 7. The Labute approximate surface area is 116 Å². The lowest BCUT2D eigenvalue weighted by Crippen LogP contribution is -2.13. The SMILES string of the molecule is CCOC(=O)/C=C(\C#CCCCCCCO)C(F)(F)F. The van der Waals surface area contributed by atoms with Crippen molar-refractivity contribution >= 4 is 5.97 Å². The average molecular weight is 292 g/mol. The van der Waals surface area contributed by atoms with Crippen molar-refractivity contribution in [1.29, 1.82) is 0 Å². The highest BCUT2D eigenvalue weighted by Gasteiger charge is 2.33. The van der Waals surface area contributed by atoms with Gasteiger partial charge in [0.1, 0.15) is 5.57 Å². The maximum atomic E-state index is 12.6. The van der Waals surface area contributed by atoms with Crippen LogP contribution in [0.2, 0.25) is 0 Å². The molecule has 0 atom stereocenters. The van der Waals surface area contributed by atoms with Crippen LogP contribution in [-0.2, 0) is 9.53 Å². The highest BCUT2D eigenvalue weighted by atomic mass is 19.4. The van der Waals surface area contributed by atoms with Gasteiger partial charge in [0.15, 0.2) is 0 Å². The van der Waals surface area contributed by atoms with Crippen molar-refractivity contribution in [3.63, 3.8) is 0 Å². The number of esters is 1. The maximum absolute atomic E-state index is 12.6. The molecule has 0 fully saturated rings. The smallest absolute Gasteiger partial charge is 0.424 e. The van der Waals surface area contributed by atoms with Crippen LogP contribution in [0.4, 0.5) is 13.2 Å². The zero-order valence-electron chi connectivity index (χ0n) is 11.4. The number of aliphatic hydroxyl groups is 1. The summed E-state index contributed by atoms with van der Waals surface area (Å²) in [7, 11) is 0. The van der Waals surface area contributed by atoms with E-state index in [0.29, 0.717) is 25.3 Å². The van der Waals surface area contributed by atoms with E-state index < -0.39 is 17.7 Å². The van der Waals surface area contributed by atoms with Crippen LogP contribution in [0.1, 0.15) is 39.0 Å². The van der Waals surface area contributed by atoms with E-state index in [4.69, 9.17) is 5.11 Å². The Morgan fingerprint density at radius 2 is 1.90 bits per heavy atom. The van der Waals surface area contributed by atoms with Crippen LogP contribution in [-0.4, -0.2) is 30.5 Å². The Morgan fingerprint density at radius 3 is 2.45 bits per heavy atom. The second-order valence-electron chi connectivity index (χ2n) is 4.00. The molecule has 0 spiro atoms. The van der Waals surface area contributed by atoms with Gasteiger partial charge < -0.3 is 9.84 Å². The number of allylic oxidation sites excluding steroid dienone is 1. The molecule has 0 aliphatic carbocycles. The molecule has 0 amide bonds. The normalized spacial score (nSPS) is 11.8. The van der Waals surface area contributed by atoms with Gasteiger partial charge in [0.05, 0.1) is 6.61 Å². The summed E-state index contributed by atoms with van der Waals surface area (Å²) in [6, 6.07) is 0. The summed E-state index contributed by atoms with van der Waals surface area (Å²) < 4.78 is 42.2. The Hall–Kier alpha value is -1.48. The summed E-state index contributed by atoms with van der Waals surface area (Å²) in [5.74, 6) is 3.34. The third-order valence-electron chi connectivity index (χ3n) is 2.29. The minimum atomic E-state index is -4.66. The van der Waals surface area contributed by atoms with E-state index in [2.05, 4.69) is 10.7 Å². The molecule has 20 heavy (non-hydrogen) atoms. The van der Waals surface area contributed by atoms with Gasteiger partial charge >= 0.3 is 12.1 Å². The molecule has 6 heteroatoms. The number of hydrogen-bond acceptors (Lipinski definition) is 3. The van der Waals surface area contributed by atoms with Crippen molar-refractivity contribution in [2.45, 2.75) is 45.2 Å². The molecule has 0 aromatic carbocycles. The van der Waals surface area contributed by atoms with Crippen LogP contribution >= 0.6 is 0 Å². The van der Waals surface area contributed by atoms with Gasteiger partial charge in [0.25, 0.3) is 0 Å². The van der Waals surface area contributed by atoms with Gasteiger partial charge in [-0.2, -0.15) is 13.2 Å². The zero-order chi connectivity index (χ0) is 15.4. The molecule has 114 valence electrons. The molecule has 0 aliphatic heterocycles. The van der Waals surface area contributed by atoms with Crippen LogP contribution in [0.3, 0.4) is 0 Å². The van der Waals surface area contributed by atoms with E-state index in [-0.39, 0.29) is 13.2 Å². The summed E-state index contributed by atoms with van der Waals surface area (Å²) >= 11 is 0. The fourth-order valence-electron chi connectivity index (χ4n) is 1.33. The molecule has 3 nitrogen and oxygen atoms in total. The molecule has 0 radical (unpaired) electrons. The van der Waals surface area contributed by atoms with E-state index in [9.17, 15) is 18.0 Å². The molecular weight excluding hydrogens is 273 g/mol. The fraction of sp³-hybridized carbons (Fsp3) is 0.643. The van der Waals surface area contributed by atoms with Gasteiger partial charge in [-0.15, -0.1) is 0 Å². The van der Waals surface area contributed by atoms with E-state index in [1.54, 1.807) is 0 Å². The predicted octanol–water partition coefficient (Wildman–Crippen LogP) is 2.98. The van der Waals surface area contributed by atoms with Crippen molar-refractivity contribution in [3.05, 3.63) is 11.6 Å². The van der Waals surface area contributed by atoms with Crippen molar-refractivity contribution in [1.82, 2.24) is 0 Å². The first-order valence-corrected chi connectivity index (χ1v) is 6.47. The van der Waals surface area contributed by atoms with E-state index in [0.717, 1.165) is 12.8 Å². The predicted molar refractivity (Wildman–Crippen MR) is 68.7 cm³/mol. The molecule has 0 unspecified atom stereocenters. The topological polar surface area (TPSA) is 46.5 Å². The van der Waals surface area contributed by atoms with Gasteiger partial charge in [-0.3, -0.25) is 0 Å². The third kappa shape index (κ3) is 9.45. The first-order valence-electron chi connectivity index (χ1n) is 6.47. The second-order valence-corrected chi connectivity index (χ2v) is 4.00. The van der Waals surface area contributed by atoms with Crippen LogP contribution in [0.25, 0.3) is 0 Å². The van der Waals surface area contributed by atoms with Gasteiger partial charge in [-0.05, 0) is 19.8 Å². The average Bonchev–Trinajstić information content (AvgIpc) is 2.35. The number of carbonyl (C=O) groups excluding carboxylic acids is 1. The highest BCUT2D eigenvalue weighted by molar-refractivity contribution is 5.84. The van der Waals surface area contributed by atoms with E-state index in [1.807, 2.05) is 5.92 Å². The molecule has 0 aromatic rings. The molecule has 0 rings (SSSR count). The lowest BCUT2D eigenvalue weighted by molar-refractivity contribution is -0.138. The molecule has 0 aromatic heterocycles. The number of aliphatic hydroxyl groups excluding tert-OH is 1. The van der Waals surface area contributed by atoms with Crippen molar-refractivity contribution in [2.24, 2.45) is 0 Å². The van der Waals surface area contributed by atoms with E-state index >= 15 is 0 Å². The quantitative estimate of drug-likeness (QED) is 0.339. The summed E-state index contributed by atoms with van der Waals surface area (Å²) in [6.07, 6.45) is -0.983. The van der Waals surface area contributed by atoms with Crippen LogP contribution in [0.15, 0.2) is 11.6 Å². The number of ether oxygens (including phenoxy) is 1. The number of alkyl halides is 3. The number of hydrogen-bond donors (Lipinski definition) is 1. The second kappa shape index (κ2) is 10.3.